The van der Waals surface area contributed by atoms with Gasteiger partial charge in [-0.25, -0.2) is 4.58 Å². The normalized spacial score (nSPS) is 26.7. The minimum Gasteiger partial charge on any atom is -0.310 e. The quantitative estimate of drug-likeness (QED) is 0.677. The number of hydrogen-bond donors (Lipinski definition) is 1. The van der Waals surface area contributed by atoms with Crippen LogP contribution in [-0.2, 0) is 0 Å². The number of nitrogens with zero attached hydrogens (tertiary/aromatic N) is 1. The molecule has 1 aliphatic carbocycles. The van der Waals surface area contributed by atoms with Crippen molar-refractivity contribution in [1.29, 1.82) is 0 Å². The molecule has 0 unspecified atom stereocenters. The summed E-state index contributed by atoms with van der Waals surface area (Å²) in [5, 5.41) is 3.56. The van der Waals surface area contributed by atoms with Gasteiger partial charge in [0.1, 0.15) is 14.1 Å². The summed E-state index contributed by atoms with van der Waals surface area (Å²) in [6.07, 6.45) is 6.96. The highest BCUT2D eigenvalue weighted by molar-refractivity contribution is 5.91. The third kappa shape index (κ3) is 2.95. The Kier molecular flexibility index (Phi) is 4.33. The second-order valence-electron chi connectivity index (χ2n) is 4.41. The second-order valence-corrected chi connectivity index (χ2v) is 4.41. The van der Waals surface area contributed by atoms with Crippen LogP contribution in [-0.4, -0.2) is 37.0 Å². The van der Waals surface area contributed by atoms with E-state index in [0.717, 1.165) is 6.54 Å². The molecule has 2 nitrogen and oxygen atoms in total. The highest BCUT2D eigenvalue weighted by Crippen LogP contribution is 2.16. The molecule has 0 saturated heterocycles. The molecule has 0 bridgehead atoms. The van der Waals surface area contributed by atoms with Gasteiger partial charge in [-0.15, -0.1) is 0 Å². The molecule has 1 aliphatic rings. The molecule has 0 fully saturated rings. The first-order chi connectivity index (χ1) is 6.65. The second kappa shape index (κ2) is 5.30. The third-order valence-corrected chi connectivity index (χ3v) is 2.84. The molecule has 0 aromatic carbocycles. The molecule has 1 N–H and O–H groups in total. The summed E-state index contributed by atoms with van der Waals surface area (Å²) in [4.78, 5) is 0. The lowest BCUT2D eigenvalue weighted by Crippen LogP contribution is -2.38. The Morgan fingerprint density at radius 2 is 2.21 bits per heavy atom. The molecule has 0 aromatic rings. The summed E-state index contributed by atoms with van der Waals surface area (Å²) >= 11 is 0. The van der Waals surface area contributed by atoms with Gasteiger partial charge in [0.05, 0.1) is 0 Å². The molecule has 0 aromatic heterocycles. The molecule has 80 valence electrons. The SMILES string of the molecule is CCCN[C@@H]1C=CC(=[N+](C)C)C[C@@H]1C. The van der Waals surface area contributed by atoms with Crippen LogP contribution in [0.1, 0.15) is 26.7 Å². The topological polar surface area (TPSA) is 15.0 Å². The van der Waals surface area contributed by atoms with Crippen molar-refractivity contribution in [2.75, 3.05) is 20.6 Å². The fraction of sp³-hybridized carbons (Fsp3) is 0.750. The number of allylic oxidation sites excluding steroid dienone is 1. The maximum atomic E-state index is 3.56. The molecular weight excluding hydrogens is 172 g/mol. The molecule has 0 amide bonds. The number of nitrogens with one attached hydrogen (secondary N) is 1. The van der Waals surface area contributed by atoms with E-state index in [0.29, 0.717) is 12.0 Å². The lowest BCUT2D eigenvalue weighted by molar-refractivity contribution is -0.465. The summed E-state index contributed by atoms with van der Waals surface area (Å²) in [5.41, 5.74) is 1.44. The van der Waals surface area contributed by atoms with Crippen molar-refractivity contribution in [2.45, 2.75) is 32.7 Å². The van der Waals surface area contributed by atoms with Crippen LogP contribution in [0.3, 0.4) is 0 Å². The molecule has 14 heavy (non-hydrogen) atoms. The lowest BCUT2D eigenvalue weighted by atomic mass is 9.90. The lowest BCUT2D eigenvalue weighted by Gasteiger charge is -2.24. The fourth-order valence-electron chi connectivity index (χ4n) is 1.84. The zero-order valence-corrected chi connectivity index (χ0v) is 9.88. The van der Waals surface area contributed by atoms with Gasteiger partial charge in [0, 0.05) is 18.5 Å². The maximum Gasteiger partial charge on any atom is 0.175 e. The summed E-state index contributed by atoms with van der Waals surface area (Å²) in [5.74, 6) is 0.712. The Balaban J connectivity index is 2.59. The fourth-order valence-corrected chi connectivity index (χ4v) is 1.84. The highest BCUT2D eigenvalue weighted by Gasteiger charge is 2.22. The predicted octanol–water partition coefficient (Wildman–Crippen LogP) is 1.66. The summed E-state index contributed by atoms with van der Waals surface area (Å²) in [6, 6.07) is 0.568. The van der Waals surface area contributed by atoms with Crippen molar-refractivity contribution < 1.29 is 4.58 Å². The van der Waals surface area contributed by atoms with E-state index in [1.54, 1.807) is 0 Å². The number of hydrogen-bond acceptors (Lipinski definition) is 1. The van der Waals surface area contributed by atoms with Gasteiger partial charge >= 0.3 is 0 Å². The first kappa shape index (κ1) is 11.4. The van der Waals surface area contributed by atoms with Crippen LogP contribution in [0.2, 0.25) is 0 Å². The summed E-state index contributed by atoms with van der Waals surface area (Å²) in [6.45, 7) is 5.65. The molecule has 2 atom stereocenters. The van der Waals surface area contributed by atoms with E-state index in [4.69, 9.17) is 0 Å². The maximum absolute atomic E-state index is 3.56. The average molecular weight is 195 g/mol. The van der Waals surface area contributed by atoms with Crippen molar-refractivity contribution in [1.82, 2.24) is 5.32 Å². The van der Waals surface area contributed by atoms with Crippen molar-refractivity contribution >= 4 is 5.71 Å². The standard InChI is InChI=1S/C12H23N2/c1-5-8-13-12-7-6-11(14(3)4)9-10(12)2/h6-7,10,12-13H,5,8-9H2,1-4H3/q+1/t10-,12+/m0/s1. The van der Waals surface area contributed by atoms with E-state index in [1.807, 2.05) is 0 Å². The van der Waals surface area contributed by atoms with Gasteiger partial charge in [0.2, 0.25) is 0 Å². The van der Waals surface area contributed by atoms with E-state index in [9.17, 15) is 0 Å². The van der Waals surface area contributed by atoms with Gasteiger partial charge in [-0.1, -0.05) is 19.9 Å². The number of rotatable bonds is 3. The smallest absolute Gasteiger partial charge is 0.175 e. The first-order valence-corrected chi connectivity index (χ1v) is 5.60. The van der Waals surface area contributed by atoms with Crippen molar-refractivity contribution in [3.05, 3.63) is 12.2 Å². The summed E-state index contributed by atoms with van der Waals surface area (Å²) < 4.78 is 2.21. The van der Waals surface area contributed by atoms with Gasteiger partial charge < -0.3 is 5.32 Å². The monoisotopic (exact) mass is 195 g/mol. The van der Waals surface area contributed by atoms with Crippen LogP contribution in [0.15, 0.2) is 12.2 Å². The molecule has 0 aliphatic heterocycles. The van der Waals surface area contributed by atoms with Crippen molar-refractivity contribution in [3.8, 4) is 0 Å². The Hall–Kier alpha value is -0.630. The van der Waals surface area contributed by atoms with Crippen molar-refractivity contribution in [3.63, 3.8) is 0 Å². The Morgan fingerprint density at radius 3 is 2.71 bits per heavy atom. The third-order valence-electron chi connectivity index (χ3n) is 2.84. The summed E-state index contributed by atoms with van der Waals surface area (Å²) in [7, 11) is 4.23. The molecule has 2 heteroatoms. The van der Waals surface area contributed by atoms with Gasteiger partial charge in [-0.2, -0.15) is 0 Å². The van der Waals surface area contributed by atoms with Gasteiger partial charge in [0.15, 0.2) is 5.71 Å². The van der Waals surface area contributed by atoms with E-state index in [1.165, 1.54) is 18.6 Å². The van der Waals surface area contributed by atoms with Crippen LogP contribution in [0.4, 0.5) is 0 Å². The van der Waals surface area contributed by atoms with Crippen LogP contribution >= 0.6 is 0 Å². The van der Waals surface area contributed by atoms with E-state index in [2.05, 4.69) is 50.0 Å². The molecule has 1 rings (SSSR count). The van der Waals surface area contributed by atoms with E-state index >= 15 is 0 Å². The van der Waals surface area contributed by atoms with E-state index < -0.39 is 0 Å². The zero-order valence-electron chi connectivity index (χ0n) is 9.88. The molecular formula is C12H23N2+. The van der Waals surface area contributed by atoms with E-state index in [-0.39, 0.29) is 0 Å². The largest absolute Gasteiger partial charge is 0.310 e. The molecule has 0 heterocycles. The van der Waals surface area contributed by atoms with Crippen molar-refractivity contribution in [2.24, 2.45) is 5.92 Å². The van der Waals surface area contributed by atoms with Gasteiger partial charge in [0.25, 0.3) is 0 Å². The minimum atomic E-state index is 0.568. The minimum absolute atomic E-state index is 0.568. The zero-order chi connectivity index (χ0) is 10.6. The molecule has 0 spiro atoms. The van der Waals surface area contributed by atoms with Crippen LogP contribution in [0, 0.1) is 5.92 Å². The molecule has 0 radical (unpaired) electrons. The highest BCUT2D eigenvalue weighted by atomic mass is 14.9. The average Bonchev–Trinajstić information content (AvgIpc) is 2.15. The Bertz CT molecular complexity index is 237. The Labute approximate surface area is 87.7 Å². The Morgan fingerprint density at radius 1 is 1.50 bits per heavy atom. The predicted molar refractivity (Wildman–Crippen MR) is 62.1 cm³/mol. The van der Waals surface area contributed by atoms with Gasteiger partial charge in [-0.3, -0.25) is 0 Å². The van der Waals surface area contributed by atoms with Crippen LogP contribution < -0.4 is 5.32 Å². The van der Waals surface area contributed by atoms with Crippen LogP contribution in [0.25, 0.3) is 0 Å². The molecule has 0 saturated carbocycles. The van der Waals surface area contributed by atoms with Crippen LogP contribution in [0.5, 0.6) is 0 Å². The first-order valence-electron chi connectivity index (χ1n) is 5.60. The van der Waals surface area contributed by atoms with Gasteiger partial charge in [-0.05, 0) is 18.9 Å².